The Balaban J connectivity index is 3.43. The Morgan fingerprint density at radius 2 is 2.08 bits per heavy atom. The van der Waals surface area contributed by atoms with Gasteiger partial charge in [-0.2, -0.15) is 0 Å². The summed E-state index contributed by atoms with van der Waals surface area (Å²) in [5.41, 5.74) is 0. The molecule has 0 aromatic carbocycles. The van der Waals surface area contributed by atoms with E-state index in [0.29, 0.717) is 19.6 Å². The maximum Gasteiger partial charge on any atom is 0.222 e. The molecule has 0 aromatic heterocycles. The highest BCUT2D eigenvalue weighted by Gasteiger charge is 2.04. The molecule has 0 N–H and O–H groups in total. The molecule has 0 heterocycles. The SMILES string of the molecule is CCC(=O)N(C)CCOC(C)C. The third kappa shape index (κ3) is 5.13. The molecule has 3 nitrogen and oxygen atoms in total. The number of rotatable bonds is 5. The highest BCUT2D eigenvalue weighted by atomic mass is 16.5. The summed E-state index contributed by atoms with van der Waals surface area (Å²) in [6, 6.07) is 0. The molecule has 72 valence electrons. The van der Waals surface area contributed by atoms with Crippen LogP contribution >= 0.6 is 0 Å². The van der Waals surface area contributed by atoms with Gasteiger partial charge >= 0.3 is 0 Å². The van der Waals surface area contributed by atoms with Gasteiger partial charge in [-0.3, -0.25) is 4.79 Å². The maximum absolute atomic E-state index is 11.1. The number of hydrogen-bond acceptors (Lipinski definition) is 2. The average molecular weight is 173 g/mol. The van der Waals surface area contributed by atoms with Crippen molar-refractivity contribution in [3.63, 3.8) is 0 Å². The molecule has 0 aliphatic carbocycles. The van der Waals surface area contributed by atoms with Gasteiger partial charge in [0.05, 0.1) is 12.7 Å². The Bertz CT molecular complexity index is 134. The van der Waals surface area contributed by atoms with Crippen molar-refractivity contribution in [1.29, 1.82) is 0 Å². The van der Waals surface area contributed by atoms with Crippen LogP contribution in [0.25, 0.3) is 0 Å². The second kappa shape index (κ2) is 6.00. The summed E-state index contributed by atoms with van der Waals surface area (Å²) in [4.78, 5) is 12.8. The minimum atomic E-state index is 0.169. The predicted molar refractivity (Wildman–Crippen MR) is 49.0 cm³/mol. The van der Waals surface area contributed by atoms with Crippen molar-refractivity contribution in [3.8, 4) is 0 Å². The molecule has 0 atom stereocenters. The van der Waals surface area contributed by atoms with Crippen LogP contribution in [0.5, 0.6) is 0 Å². The van der Waals surface area contributed by atoms with E-state index in [1.165, 1.54) is 0 Å². The van der Waals surface area contributed by atoms with Gasteiger partial charge in [0, 0.05) is 20.0 Å². The van der Waals surface area contributed by atoms with Crippen LogP contribution in [-0.2, 0) is 9.53 Å². The lowest BCUT2D eigenvalue weighted by molar-refractivity contribution is -0.130. The van der Waals surface area contributed by atoms with Crippen LogP contribution in [0.15, 0.2) is 0 Å². The van der Waals surface area contributed by atoms with Gasteiger partial charge in [0.25, 0.3) is 0 Å². The Kier molecular flexibility index (Phi) is 5.72. The Morgan fingerprint density at radius 1 is 1.50 bits per heavy atom. The van der Waals surface area contributed by atoms with E-state index in [0.717, 1.165) is 0 Å². The summed E-state index contributed by atoms with van der Waals surface area (Å²) in [6.07, 6.45) is 0.813. The Labute approximate surface area is 74.7 Å². The molecule has 3 heteroatoms. The largest absolute Gasteiger partial charge is 0.377 e. The van der Waals surface area contributed by atoms with Gasteiger partial charge in [0.1, 0.15) is 0 Å². The second-order valence-corrected chi connectivity index (χ2v) is 3.09. The minimum Gasteiger partial charge on any atom is -0.377 e. The van der Waals surface area contributed by atoms with Gasteiger partial charge in [0.2, 0.25) is 5.91 Å². The van der Waals surface area contributed by atoms with Crippen LogP contribution in [0.1, 0.15) is 27.2 Å². The molecule has 12 heavy (non-hydrogen) atoms. The third-order valence-electron chi connectivity index (χ3n) is 1.61. The zero-order valence-corrected chi connectivity index (χ0v) is 8.46. The molecular weight excluding hydrogens is 154 g/mol. The first-order valence-corrected chi connectivity index (χ1v) is 4.43. The van der Waals surface area contributed by atoms with Gasteiger partial charge in [0.15, 0.2) is 0 Å². The smallest absolute Gasteiger partial charge is 0.222 e. The van der Waals surface area contributed by atoms with E-state index in [1.54, 1.807) is 11.9 Å². The molecule has 0 saturated carbocycles. The van der Waals surface area contributed by atoms with E-state index < -0.39 is 0 Å². The van der Waals surface area contributed by atoms with Gasteiger partial charge < -0.3 is 9.64 Å². The van der Waals surface area contributed by atoms with Gasteiger partial charge in [-0.1, -0.05) is 6.92 Å². The van der Waals surface area contributed by atoms with Crippen LogP contribution in [0.4, 0.5) is 0 Å². The third-order valence-corrected chi connectivity index (χ3v) is 1.61. The number of likely N-dealkylation sites (N-methyl/N-ethyl adjacent to an activating group) is 1. The van der Waals surface area contributed by atoms with E-state index in [1.807, 2.05) is 20.8 Å². The summed E-state index contributed by atoms with van der Waals surface area (Å²) in [6.45, 7) is 7.15. The van der Waals surface area contributed by atoms with Crippen molar-refractivity contribution >= 4 is 5.91 Å². The summed E-state index contributed by atoms with van der Waals surface area (Å²) in [5.74, 6) is 0.169. The summed E-state index contributed by atoms with van der Waals surface area (Å²) >= 11 is 0. The first kappa shape index (κ1) is 11.4. The lowest BCUT2D eigenvalue weighted by Gasteiger charge is -2.16. The second-order valence-electron chi connectivity index (χ2n) is 3.09. The van der Waals surface area contributed by atoms with Crippen molar-refractivity contribution < 1.29 is 9.53 Å². The standard InChI is InChI=1S/C9H19NO2/c1-5-9(11)10(4)6-7-12-8(2)3/h8H,5-7H2,1-4H3. The number of carbonyl (C=O) groups is 1. The highest BCUT2D eigenvalue weighted by molar-refractivity contribution is 5.75. The molecular formula is C9H19NO2. The van der Waals surface area contributed by atoms with Crippen LogP contribution in [0.2, 0.25) is 0 Å². The minimum absolute atomic E-state index is 0.169. The zero-order chi connectivity index (χ0) is 9.56. The maximum atomic E-state index is 11.1. The summed E-state index contributed by atoms with van der Waals surface area (Å²) in [5, 5.41) is 0. The molecule has 0 radical (unpaired) electrons. The fourth-order valence-electron chi connectivity index (χ4n) is 0.820. The van der Waals surface area contributed by atoms with E-state index in [4.69, 9.17) is 4.74 Å². The van der Waals surface area contributed by atoms with Crippen LogP contribution in [-0.4, -0.2) is 37.1 Å². The number of amides is 1. The Hall–Kier alpha value is -0.570. The number of ether oxygens (including phenoxy) is 1. The molecule has 0 spiro atoms. The Morgan fingerprint density at radius 3 is 2.50 bits per heavy atom. The fraction of sp³-hybridized carbons (Fsp3) is 0.889. The van der Waals surface area contributed by atoms with E-state index >= 15 is 0 Å². The molecule has 0 unspecified atom stereocenters. The topological polar surface area (TPSA) is 29.5 Å². The monoisotopic (exact) mass is 173 g/mol. The quantitative estimate of drug-likeness (QED) is 0.626. The average Bonchev–Trinajstić information content (AvgIpc) is 2.02. The summed E-state index contributed by atoms with van der Waals surface area (Å²) in [7, 11) is 1.80. The van der Waals surface area contributed by atoms with Gasteiger partial charge in [-0.05, 0) is 13.8 Å². The van der Waals surface area contributed by atoms with Crippen LogP contribution in [0, 0.1) is 0 Å². The van der Waals surface area contributed by atoms with Crippen molar-refractivity contribution in [1.82, 2.24) is 4.90 Å². The highest BCUT2D eigenvalue weighted by Crippen LogP contribution is 1.92. The number of hydrogen-bond donors (Lipinski definition) is 0. The molecule has 0 saturated heterocycles. The van der Waals surface area contributed by atoms with Crippen LogP contribution < -0.4 is 0 Å². The molecule has 1 amide bonds. The summed E-state index contributed by atoms with van der Waals surface area (Å²) < 4.78 is 5.31. The van der Waals surface area contributed by atoms with E-state index in [2.05, 4.69) is 0 Å². The molecule has 0 bridgehead atoms. The molecule has 0 aromatic rings. The first-order valence-electron chi connectivity index (χ1n) is 4.43. The normalized spacial score (nSPS) is 10.4. The van der Waals surface area contributed by atoms with Crippen molar-refractivity contribution in [3.05, 3.63) is 0 Å². The molecule has 0 fully saturated rings. The number of nitrogens with zero attached hydrogens (tertiary/aromatic N) is 1. The van der Waals surface area contributed by atoms with Crippen molar-refractivity contribution in [2.75, 3.05) is 20.2 Å². The lowest BCUT2D eigenvalue weighted by atomic mass is 10.4. The molecule has 0 rings (SSSR count). The van der Waals surface area contributed by atoms with Crippen molar-refractivity contribution in [2.45, 2.75) is 33.3 Å². The molecule has 0 aliphatic heterocycles. The van der Waals surface area contributed by atoms with Crippen LogP contribution in [0.3, 0.4) is 0 Å². The van der Waals surface area contributed by atoms with Gasteiger partial charge in [-0.25, -0.2) is 0 Å². The van der Waals surface area contributed by atoms with E-state index in [-0.39, 0.29) is 12.0 Å². The van der Waals surface area contributed by atoms with Gasteiger partial charge in [-0.15, -0.1) is 0 Å². The first-order chi connectivity index (χ1) is 5.57. The number of carbonyl (C=O) groups excluding carboxylic acids is 1. The zero-order valence-electron chi connectivity index (χ0n) is 8.46. The van der Waals surface area contributed by atoms with Crippen molar-refractivity contribution in [2.24, 2.45) is 0 Å². The predicted octanol–water partition coefficient (Wildman–Crippen LogP) is 1.28. The molecule has 0 aliphatic rings. The lowest BCUT2D eigenvalue weighted by Crippen LogP contribution is -2.30. The van der Waals surface area contributed by atoms with E-state index in [9.17, 15) is 4.79 Å². The fourth-order valence-corrected chi connectivity index (χ4v) is 0.820.